The molecule has 0 bridgehead atoms. The molecule has 4 nitrogen and oxygen atoms in total. The van der Waals surface area contributed by atoms with Gasteiger partial charge in [-0.25, -0.2) is 9.78 Å². The molecule has 4 heteroatoms. The topological polar surface area (TPSA) is 44.1 Å². The van der Waals surface area contributed by atoms with Gasteiger partial charge in [0.1, 0.15) is 5.54 Å². The minimum absolute atomic E-state index is 0.378. The highest BCUT2D eigenvalue weighted by Crippen LogP contribution is 2.42. The molecule has 6 rings (SSSR count). The van der Waals surface area contributed by atoms with E-state index >= 15 is 0 Å². The number of methoxy groups -OCH3 is 1. The highest BCUT2D eigenvalue weighted by Gasteiger charge is 2.38. The minimum atomic E-state index is -0.621. The van der Waals surface area contributed by atoms with E-state index < -0.39 is 5.54 Å². The van der Waals surface area contributed by atoms with E-state index in [1.54, 1.807) is 0 Å². The number of fused-ring (bicyclic) bond motifs is 1. The second-order valence-electron chi connectivity index (χ2n) is 9.18. The van der Waals surface area contributed by atoms with Gasteiger partial charge in [-0.05, 0) is 34.9 Å². The Morgan fingerprint density at radius 1 is 0.711 bits per heavy atom. The summed E-state index contributed by atoms with van der Waals surface area (Å²) in [7, 11) is 1.40. The Hall–Kier alpha value is -4.96. The molecule has 0 radical (unpaired) electrons. The summed E-state index contributed by atoms with van der Waals surface area (Å²) in [6, 6.07) is 43.1. The molecule has 0 aliphatic rings. The Balaban J connectivity index is 1.61. The van der Waals surface area contributed by atoms with E-state index in [1.807, 2.05) is 48.5 Å². The third-order valence-corrected chi connectivity index (χ3v) is 7.07. The van der Waals surface area contributed by atoms with Crippen LogP contribution in [-0.2, 0) is 10.3 Å². The van der Waals surface area contributed by atoms with Gasteiger partial charge in [-0.1, -0.05) is 109 Å². The number of benzene rings is 4. The zero-order valence-corrected chi connectivity index (χ0v) is 21.0. The van der Waals surface area contributed by atoms with Gasteiger partial charge in [0, 0.05) is 23.3 Å². The van der Waals surface area contributed by atoms with Crippen LogP contribution in [0, 0.1) is 0 Å². The van der Waals surface area contributed by atoms with Crippen molar-refractivity contribution in [1.29, 1.82) is 0 Å². The molecule has 4 aromatic carbocycles. The Labute approximate surface area is 221 Å². The molecular weight excluding hydrogens is 468 g/mol. The number of aromatic nitrogens is 2. The highest BCUT2D eigenvalue weighted by molar-refractivity contribution is 6.04. The average molecular weight is 495 g/mol. The summed E-state index contributed by atoms with van der Waals surface area (Å²) >= 11 is 0. The van der Waals surface area contributed by atoms with Gasteiger partial charge in [-0.15, -0.1) is 0 Å². The molecule has 2 heterocycles. The summed E-state index contributed by atoms with van der Waals surface area (Å²) in [6.07, 6.45) is 4.21. The fourth-order valence-electron chi connectivity index (χ4n) is 5.34. The number of carbonyl (C=O) groups excluding carboxylic acids is 1. The first-order chi connectivity index (χ1) is 18.7. The van der Waals surface area contributed by atoms with Crippen molar-refractivity contribution in [2.45, 2.75) is 5.54 Å². The van der Waals surface area contributed by atoms with Crippen LogP contribution in [0.15, 0.2) is 140 Å². The Bertz CT molecular complexity index is 1610. The number of nitrogens with zero attached hydrogens (tertiary/aromatic N) is 2. The highest BCUT2D eigenvalue weighted by atomic mass is 16.5. The predicted molar refractivity (Wildman–Crippen MR) is 151 cm³/mol. The van der Waals surface area contributed by atoms with Crippen molar-refractivity contribution in [2.24, 2.45) is 0 Å². The molecule has 6 aromatic rings. The summed E-state index contributed by atoms with van der Waals surface area (Å²) < 4.78 is 7.34. The molecule has 0 aliphatic carbocycles. The van der Waals surface area contributed by atoms with Crippen molar-refractivity contribution in [3.63, 3.8) is 0 Å². The van der Waals surface area contributed by atoms with Crippen molar-refractivity contribution in [3.8, 4) is 11.3 Å². The van der Waals surface area contributed by atoms with Gasteiger partial charge in [-0.3, -0.25) is 0 Å². The standard InChI is InChI=1S/C34H26N2O2/c1-38-33(37)30-23-32(35-31-20-12-11-19-29(30)31)25-21-22-36(24-25)34(26-13-5-2-6-14-26,27-15-7-3-8-16-27)28-17-9-4-10-18-28/h2-24H,1H3. The normalized spacial score (nSPS) is 11.4. The van der Waals surface area contributed by atoms with Gasteiger partial charge >= 0.3 is 5.97 Å². The summed E-state index contributed by atoms with van der Waals surface area (Å²) in [5.74, 6) is -0.378. The van der Waals surface area contributed by atoms with Gasteiger partial charge in [0.15, 0.2) is 0 Å². The molecule has 0 saturated heterocycles. The van der Waals surface area contributed by atoms with Crippen molar-refractivity contribution in [2.75, 3.05) is 7.11 Å². The van der Waals surface area contributed by atoms with Gasteiger partial charge in [0.05, 0.1) is 23.9 Å². The van der Waals surface area contributed by atoms with Crippen LogP contribution in [0.25, 0.3) is 22.2 Å². The molecule has 184 valence electrons. The van der Waals surface area contributed by atoms with Crippen LogP contribution in [0.1, 0.15) is 27.0 Å². The summed E-state index contributed by atoms with van der Waals surface area (Å²) in [6.45, 7) is 0. The molecule has 0 atom stereocenters. The predicted octanol–water partition coefficient (Wildman–Crippen LogP) is 7.33. The quantitative estimate of drug-likeness (QED) is 0.180. The number of carbonyl (C=O) groups is 1. The smallest absolute Gasteiger partial charge is 0.338 e. The fourth-order valence-corrected chi connectivity index (χ4v) is 5.34. The molecule has 0 spiro atoms. The van der Waals surface area contributed by atoms with E-state index in [0.717, 1.165) is 33.2 Å². The van der Waals surface area contributed by atoms with Crippen molar-refractivity contribution >= 4 is 16.9 Å². The lowest BCUT2D eigenvalue weighted by Crippen LogP contribution is -2.36. The summed E-state index contributed by atoms with van der Waals surface area (Å²) in [5.41, 5.74) is 5.67. The van der Waals surface area contributed by atoms with Gasteiger partial charge < -0.3 is 9.30 Å². The second-order valence-corrected chi connectivity index (χ2v) is 9.18. The lowest BCUT2D eigenvalue weighted by atomic mass is 9.77. The van der Waals surface area contributed by atoms with Crippen LogP contribution in [0.5, 0.6) is 0 Å². The van der Waals surface area contributed by atoms with Crippen molar-refractivity contribution in [1.82, 2.24) is 9.55 Å². The van der Waals surface area contributed by atoms with E-state index in [2.05, 4.69) is 95.8 Å². The lowest BCUT2D eigenvalue weighted by Gasteiger charge is -2.37. The molecule has 0 N–H and O–H groups in total. The first kappa shape index (κ1) is 23.4. The maximum absolute atomic E-state index is 12.7. The largest absolute Gasteiger partial charge is 0.465 e. The minimum Gasteiger partial charge on any atom is -0.465 e. The molecule has 2 aromatic heterocycles. The van der Waals surface area contributed by atoms with E-state index in [0.29, 0.717) is 11.3 Å². The number of ether oxygens (including phenoxy) is 1. The molecule has 38 heavy (non-hydrogen) atoms. The first-order valence-electron chi connectivity index (χ1n) is 12.6. The Kier molecular flexibility index (Phi) is 6.06. The fraction of sp³-hybridized carbons (Fsp3) is 0.0588. The number of hydrogen-bond acceptors (Lipinski definition) is 3. The first-order valence-corrected chi connectivity index (χ1v) is 12.6. The van der Waals surface area contributed by atoms with Crippen molar-refractivity contribution in [3.05, 3.63) is 162 Å². The van der Waals surface area contributed by atoms with Crippen LogP contribution in [0.2, 0.25) is 0 Å². The van der Waals surface area contributed by atoms with Gasteiger partial charge in [0.25, 0.3) is 0 Å². The van der Waals surface area contributed by atoms with Crippen molar-refractivity contribution < 1.29 is 9.53 Å². The van der Waals surface area contributed by atoms with E-state index in [1.165, 1.54) is 7.11 Å². The van der Waals surface area contributed by atoms with Crippen LogP contribution >= 0.6 is 0 Å². The molecule has 0 aliphatic heterocycles. The average Bonchev–Trinajstić information content (AvgIpc) is 3.49. The van der Waals surface area contributed by atoms with Crippen LogP contribution in [0.4, 0.5) is 0 Å². The van der Waals surface area contributed by atoms with E-state index in [9.17, 15) is 4.79 Å². The molecule has 0 saturated carbocycles. The third kappa shape index (κ3) is 3.87. The number of rotatable bonds is 6. The number of hydrogen-bond donors (Lipinski definition) is 0. The molecule has 0 fully saturated rings. The summed E-state index contributed by atoms with van der Waals surface area (Å²) in [5, 5.41) is 0.773. The maximum atomic E-state index is 12.7. The van der Waals surface area contributed by atoms with E-state index in [4.69, 9.17) is 9.72 Å². The summed E-state index contributed by atoms with van der Waals surface area (Å²) in [4.78, 5) is 17.6. The number of pyridine rings is 1. The second kappa shape index (κ2) is 9.83. The van der Waals surface area contributed by atoms with E-state index in [-0.39, 0.29) is 5.97 Å². The van der Waals surface area contributed by atoms with Gasteiger partial charge in [-0.2, -0.15) is 0 Å². The maximum Gasteiger partial charge on any atom is 0.338 e. The van der Waals surface area contributed by atoms with Gasteiger partial charge in [0.2, 0.25) is 0 Å². The Morgan fingerprint density at radius 3 is 1.79 bits per heavy atom. The number of para-hydroxylation sites is 1. The zero-order chi connectivity index (χ0) is 26.0. The van der Waals surface area contributed by atoms with Crippen LogP contribution < -0.4 is 0 Å². The number of esters is 1. The SMILES string of the molecule is COC(=O)c1cc(-c2ccn(C(c3ccccc3)(c3ccccc3)c3ccccc3)c2)nc2ccccc12. The molecule has 0 unspecified atom stereocenters. The molecular formula is C34H26N2O2. The van der Waals surface area contributed by atoms with Crippen LogP contribution in [0.3, 0.4) is 0 Å². The third-order valence-electron chi connectivity index (χ3n) is 7.07. The zero-order valence-electron chi connectivity index (χ0n) is 21.0. The van der Waals surface area contributed by atoms with Crippen LogP contribution in [-0.4, -0.2) is 22.6 Å². The molecule has 0 amide bonds. The Morgan fingerprint density at radius 2 is 1.24 bits per heavy atom. The lowest BCUT2D eigenvalue weighted by molar-refractivity contribution is 0.0603. The monoisotopic (exact) mass is 494 g/mol.